The molecule has 3 nitrogen and oxygen atoms in total. The summed E-state index contributed by atoms with van der Waals surface area (Å²) in [6, 6.07) is 14.9. The fraction of sp³-hybridized carbons (Fsp3) is 0. The number of nitrogens with zero attached hydrogens (tertiary/aromatic N) is 1. The first-order valence-electron chi connectivity index (χ1n) is 6.95. The summed E-state index contributed by atoms with van der Waals surface area (Å²) in [5.41, 5.74) is 9.91. The van der Waals surface area contributed by atoms with Gasteiger partial charge in [0.25, 0.3) is 0 Å². The lowest BCUT2D eigenvalue weighted by atomic mass is 10.0. The molecule has 3 aromatic rings. The van der Waals surface area contributed by atoms with Crippen molar-refractivity contribution in [2.75, 3.05) is 5.73 Å². The molecule has 0 aliphatic carbocycles. The Morgan fingerprint density at radius 3 is 2.73 bits per heavy atom. The Hall–Kier alpha value is -3.07. The molecule has 0 bridgehead atoms. The summed E-state index contributed by atoms with van der Waals surface area (Å²) in [5, 5.41) is 10.9. The smallest absolute Gasteiger partial charge is 0.123 e. The van der Waals surface area contributed by atoms with Gasteiger partial charge in [-0.3, -0.25) is 4.98 Å². The first kappa shape index (κ1) is 13.9. The van der Waals surface area contributed by atoms with Gasteiger partial charge in [0.2, 0.25) is 0 Å². The molecule has 1 aromatic heterocycles. The second-order valence-corrected chi connectivity index (χ2v) is 5.02. The van der Waals surface area contributed by atoms with Crippen molar-refractivity contribution < 1.29 is 5.11 Å². The second kappa shape index (κ2) is 5.74. The number of nitrogens with two attached hydrogens (primary N) is 1. The third kappa shape index (κ3) is 2.56. The number of aromatic hydroxyl groups is 1. The van der Waals surface area contributed by atoms with Crippen LogP contribution < -0.4 is 5.73 Å². The number of phenols is 1. The Labute approximate surface area is 129 Å². The predicted octanol–water partition coefficient (Wildman–Crippen LogP) is 4.25. The highest BCUT2D eigenvalue weighted by Gasteiger charge is 2.04. The molecule has 1 heterocycles. The van der Waals surface area contributed by atoms with Crippen molar-refractivity contribution in [3.8, 4) is 5.75 Å². The maximum absolute atomic E-state index is 9.84. The van der Waals surface area contributed by atoms with E-state index in [9.17, 15) is 5.11 Å². The zero-order valence-corrected chi connectivity index (χ0v) is 12.0. The molecule has 0 unspecified atom stereocenters. The van der Waals surface area contributed by atoms with E-state index in [1.54, 1.807) is 18.3 Å². The average Bonchev–Trinajstić information content (AvgIpc) is 2.55. The van der Waals surface area contributed by atoms with Crippen LogP contribution in [0.4, 0.5) is 5.69 Å². The minimum atomic E-state index is 0.213. The highest BCUT2D eigenvalue weighted by Crippen LogP contribution is 2.27. The minimum absolute atomic E-state index is 0.213. The van der Waals surface area contributed by atoms with Gasteiger partial charge in [-0.1, -0.05) is 55.1 Å². The van der Waals surface area contributed by atoms with Crippen molar-refractivity contribution >= 4 is 28.2 Å². The van der Waals surface area contributed by atoms with Crippen molar-refractivity contribution in [3.63, 3.8) is 0 Å². The number of aromatic nitrogens is 1. The van der Waals surface area contributed by atoms with Crippen LogP contribution >= 0.6 is 0 Å². The normalized spacial score (nSPS) is 11.1. The van der Waals surface area contributed by atoms with Gasteiger partial charge >= 0.3 is 0 Å². The number of pyridine rings is 1. The lowest BCUT2D eigenvalue weighted by molar-refractivity contribution is 0.474. The summed E-state index contributed by atoms with van der Waals surface area (Å²) in [7, 11) is 0. The molecule has 0 aliphatic rings. The monoisotopic (exact) mass is 288 g/mol. The lowest BCUT2D eigenvalue weighted by Gasteiger charge is -2.06. The van der Waals surface area contributed by atoms with Crippen molar-refractivity contribution in [2.24, 2.45) is 0 Å². The summed E-state index contributed by atoms with van der Waals surface area (Å²) in [6.45, 7) is 3.99. The van der Waals surface area contributed by atoms with Crippen LogP contribution in [0, 0.1) is 0 Å². The van der Waals surface area contributed by atoms with Crippen LogP contribution in [0.25, 0.3) is 22.6 Å². The molecule has 108 valence electrons. The van der Waals surface area contributed by atoms with Crippen LogP contribution in [0.3, 0.4) is 0 Å². The number of allylic oxidation sites excluding steroid dienone is 2. The molecule has 0 fully saturated rings. The average molecular weight is 288 g/mol. The Morgan fingerprint density at radius 1 is 1.09 bits per heavy atom. The molecule has 0 aliphatic heterocycles. The number of fused-ring (bicyclic) bond motifs is 1. The SMILES string of the molecule is C=C(/C=C\c1ccc2cccnc2c1N)c1ccccc1O. The van der Waals surface area contributed by atoms with E-state index in [0.717, 1.165) is 22.0 Å². The number of phenolic OH excluding ortho intramolecular Hbond substituents is 1. The maximum atomic E-state index is 9.84. The van der Waals surface area contributed by atoms with Gasteiger partial charge in [-0.15, -0.1) is 0 Å². The van der Waals surface area contributed by atoms with E-state index in [-0.39, 0.29) is 5.75 Å². The van der Waals surface area contributed by atoms with Crippen molar-refractivity contribution in [3.05, 3.63) is 78.5 Å². The fourth-order valence-corrected chi connectivity index (χ4v) is 2.35. The van der Waals surface area contributed by atoms with Crippen LogP contribution in [0.5, 0.6) is 5.75 Å². The number of rotatable bonds is 3. The van der Waals surface area contributed by atoms with Crippen LogP contribution in [-0.4, -0.2) is 10.1 Å². The van der Waals surface area contributed by atoms with Gasteiger partial charge in [0.15, 0.2) is 0 Å². The zero-order chi connectivity index (χ0) is 15.5. The van der Waals surface area contributed by atoms with Gasteiger partial charge in [0, 0.05) is 17.1 Å². The molecule has 0 radical (unpaired) electrons. The Kier molecular flexibility index (Phi) is 3.62. The second-order valence-electron chi connectivity index (χ2n) is 5.02. The van der Waals surface area contributed by atoms with Gasteiger partial charge in [-0.2, -0.15) is 0 Å². The lowest BCUT2D eigenvalue weighted by Crippen LogP contribution is -1.93. The van der Waals surface area contributed by atoms with Crippen LogP contribution in [-0.2, 0) is 0 Å². The molecule has 22 heavy (non-hydrogen) atoms. The molecular weight excluding hydrogens is 272 g/mol. The number of anilines is 1. The number of hydrogen-bond donors (Lipinski definition) is 2. The van der Waals surface area contributed by atoms with Crippen molar-refractivity contribution in [1.29, 1.82) is 0 Å². The maximum Gasteiger partial charge on any atom is 0.123 e. The summed E-state index contributed by atoms with van der Waals surface area (Å²) in [4.78, 5) is 4.32. The molecule has 0 saturated carbocycles. The standard InChI is InChI=1S/C19H16N2O/c1-13(16-6-2-3-7-17(16)22)8-9-14-10-11-15-5-4-12-21-19(15)18(14)20/h2-12,22H,1,20H2/b9-8-. The molecule has 3 heteroatoms. The minimum Gasteiger partial charge on any atom is -0.507 e. The van der Waals surface area contributed by atoms with Gasteiger partial charge in [-0.05, 0) is 23.3 Å². The van der Waals surface area contributed by atoms with Gasteiger partial charge < -0.3 is 10.8 Å². The van der Waals surface area contributed by atoms with E-state index in [1.165, 1.54) is 0 Å². The third-order valence-electron chi connectivity index (χ3n) is 3.56. The first-order chi connectivity index (χ1) is 10.7. The van der Waals surface area contributed by atoms with Gasteiger partial charge in [0.05, 0.1) is 11.2 Å². The summed E-state index contributed by atoms with van der Waals surface area (Å²) in [5.74, 6) is 0.213. The van der Waals surface area contributed by atoms with Gasteiger partial charge in [0.1, 0.15) is 5.75 Å². The van der Waals surface area contributed by atoms with E-state index in [0.29, 0.717) is 11.3 Å². The third-order valence-corrected chi connectivity index (χ3v) is 3.56. The van der Waals surface area contributed by atoms with E-state index < -0.39 is 0 Å². The largest absolute Gasteiger partial charge is 0.507 e. The summed E-state index contributed by atoms with van der Waals surface area (Å²) < 4.78 is 0. The zero-order valence-electron chi connectivity index (χ0n) is 12.0. The highest BCUT2D eigenvalue weighted by molar-refractivity contribution is 5.94. The molecule has 0 atom stereocenters. The van der Waals surface area contributed by atoms with Gasteiger partial charge in [-0.25, -0.2) is 0 Å². The summed E-state index contributed by atoms with van der Waals surface area (Å²) >= 11 is 0. The highest BCUT2D eigenvalue weighted by atomic mass is 16.3. The predicted molar refractivity (Wildman–Crippen MR) is 92.3 cm³/mol. The molecular formula is C19H16N2O. The Bertz CT molecular complexity index is 881. The Morgan fingerprint density at radius 2 is 1.91 bits per heavy atom. The molecule has 2 aromatic carbocycles. The Balaban J connectivity index is 1.95. The van der Waals surface area contributed by atoms with Crippen LogP contribution in [0.15, 0.2) is 67.4 Å². The van der Waals surface area contributed by atoms with Crippen molar-refractivity contribution in [1.82, 2.24) is 4.98 Å². The number of hydrogen-bond acceptors (Lipinski definition) is 3. The number of nitrogen functional groups attached to an aromatic ring is 1. The topological polar surface area (TPSA) is 59.1 Å². The molecule has 0 spiro atoms. The number of benzene rings is 2. The van der Waals surface area contributed by atoms with Crippen LogP contribution in [0.2, 0.25) is 0 Å². The molecule has 3 rings (SSSR count). The molecule has 3 N–H and O–H groups in total. The molecule has 0 amide bonds. The van der Waals surface area contributed by atoms with E-state index in [1.807, 2.05) is 48.6 Å². The summed E-state index contributed by atoms with van der Waals surface area (Å²) in [6.07, 6.45) is 5.46. The van der Waals surface area contributed by atoms with E-state index in [4.69, 9.17) is 5.73 Å². The number of para-hydroxylation sites is 1. The first-order valence-corrected chi connectivity index (χ1v) is 6.95. The van der Waals surface area contributed by atoms with E-state index >= 15 is 0 Å². The van der Waals surface area contributed by atoms with Crippen LogP contribution in [0.1, 0.15) is 11.1 Å². The molecule has 0 saturated heterocycles. The van der Waals surface area contributed by atoms with E-state index in [2.05, 4.69) is 11.6 Å². The van der Waals surface area contributed by atoms with Crippen molar-refractivity contribution in [2.45, 2.75) is 0 Å². The fourth-order valence-electron chi connectivity index (χ4n) is 2.35. The quantitative estimate of drug-likeness (QED) is 0.559.